The van der Waals surface area contributed by atoms with Crippen LogP contribution in [0.1, 0.15) is 64.9 Å². The number of nitrogens with zero attached hydrogens (tertiary/aromatic N) is 2. The summed E-state index contributed by atoms with van der Waals surface area (Å²) >= 11 is 10.9. The molecule has 38 heavy (non-hydrogen) atoms. The van der Waals surface area contributed by atoms with Crippen molar-refractivity contribution < 1.29 is 20.4 Å². The van der Waals surface area contributed by atoms with Gasteiger partial charge in [0.25, 0.3) is 0 Å². The van der Waals surface area contributed by atoms with Crippen molar-refractivity contribution in [1.82, 2.24) is 9.80 Å². The Morgan fingerprint density at radius 2 is 0.947 bits per heavy atom. The van der Waals surface area contributed by atoms with Crippen LogP contribution >= 0.6 is 24.4 Å². The quantitative estimate of drug-likeness (QED) is 0.414. The number of hydrogen-bond donors (Lipinski definition) is 4. The topological polar surface area (TPSA) is 87.4 Å². The number of aliphatic hydroxyl groups is 4. The second kappa shape index (κ2) is 12.1. The van der Waals surface area contributed by atoms with Crippen molar-refractivity contribution in [3.63, 3.8) is 0 Å². The van der Waals surface area contributed by atoms with E-state index >= 15 is 0 Å². The lowest BCUT2D eigenvalue weighted by molar-refractivity contribution is -0.0816. The van der Waals surface area contributed by atoms with Gasteiger partial charge in [0, 0.05) is 23.9 Å². The van der Waals surface area contributed by atoms with Gasteiger partial charge in [0.05, 0.1) is 34.3 Å². The molecule has 0 amide bonds. The lowest BCUT2D eigenvalue weighted by Gasteiger charge is -2.51. The van der Waals surface area contributed by atoms with Crippen LogP contribution < -0.4 is 0 Å². The number of thiocarbonyl (C=S) groups is 2. The third-order valence-electron chi connectivity index (χ3n) is 7.01. The minimum Gasteiger partial charge on any atom is -0.389 e. The van der Waals surface area contributed by atoms with Crippen molar-refractivity contribution >= 4 is 34.4 Å². The number of rotatable bonds is 4. The molecule has 2 heterocycles. The van der Waals surface area contributed by atoms with Gasteiger partial charge in [-0.3, -0.25) is 0 Å². The summed E-state index contributed by atoms with van der Waals surface area (Å²) in [5.41, 5.74) is 1.36. The maximum atomic E-state index is 10.4. The molecule has 0 spiro atoms. The highest BCUT2D eigenvalue weighted by Crippen LogP contribution is 2.36. The van der Waals surface area contributed by atoms with E-state index in [1.807, 2.05) is 112 Å². The molecule has 0 aliphatic carbocycles. The number of likely N-dealkylation sites (tertiary alicyclic amines) is 2. The van der Waals surface area contributed by atoms with Gasteiger partial charge in [-0.1, -0.05) is 127 Å². The monoisotopic (exact) mass is 558 g/mol. The highest BCUT2D eigenvalue weighted by molar-refractivity contribution is 7.80. The Morgan fingerprint density at radius 1 is 0.658 bits per heavy atom. The van der Waals surface area contributed by atoms with Gasteiger partial charge < -0.3 is 30.2 Å². The Labute approximate surface area is 237 Å². The second-order valence-electron chi connectivity index (χ2n) is 12.2. The molecule has 8 heteroatoms. The molecule has 6 atom stereocenters. The maximum Gasteiger partial charge on any atom is 0.102 e. The molecule has 2 aromatic rings. The summed E-state index contributed by atoms with van der Waals surface area (Å²) in [4.78, 5) is 5.46. The first-order chi connectivity index (χ1) is 17.6. The predicted octanol–water partition coefficient (Wildman–Crippen LogP) is 4.28. The average Bonchev–Trinajstić information content (AvgIpc) is 2.85. The van der Waals surface area contributed by atoms with Crippen molar-refractivity contribution in [1.29, 1.82) is 0 Å². The Kier molecular flexibility index (Phi) is 9.72. The SMILES string of the molecule is CC(C)(C)C(=S)N1C[C@@H](O)[C@@H]1[C@@H](O)c1ccccc1.CC(C)(C)C(=S)N1C[C@H](O)[C@H]1[C@H](O)c1ccccc1. The van der Waals surface area contributed by atoms with Crippen LogP contribution in [-0.2, 0) is 0 Å². The van der Waals surface area contributed by atoms with Gasteiger partial charge in [-0.2, -0.15) is 0 Å². The van der Waals surface area contributed by atoms with Gasteiger partial charge in [0.15, 0.2) is 0 Å². The van der Waals surface area contributed by atoms with Crippen molar-refractivity contribution in [2.24, 2.45) is 10.8 Å². The third kappa shape index (κ3) is 6.79. The first-order valence-electron chi connectivity index (χ1n) is 13.1. The van der Waals surface area contributed by atoms with E-state index in [4.69, 9.17) is 24.4 Å². The molecule has 0 saturated carbocycles. The summed E-state index contributed by atoms with van der Waals surface area (Å²) in [7, 11) is 0. The van der Waals surface area contributed by atoms with Crippen molar-refractivity contribution in [3.8, 4) is 0 Å². The molecule has 2 saturated heterocycles. The number of benzene rings is 2. The molecule has 4 N–H and O–H groups in total. The molecule has 2 aromatic carbocycles. The minimum absolute atomic E-state index is 0.135. The number of hydrogen-bond acceptors (Lipinski definition) is 6. The lowest BCUT2D eigenvalue weighted by atomic mass is 9.85. The zero-order chi connectivity index (χ0) is 28.4. The van der Waals surface area contributed by atoms with E-state index in [-0.39, 0.29) is 22.9 Å². The summed E-state index contributed by atoms with van der Waals surface area (Å²) in [5.74, 6) is 0. The Morgan fingerprint density at radius 3 is 1.18 bits per heavy atom. The zero-order valence-electron chi connectivity index (χ0n) is 23.2. The Balaban J connectivity index is 0.000000211. The van der Waals surface area contributed by atoms with Crippen molar-refractivity contribution in [2.45, 2.75) is 78.0 Å². The van der Waals surface area contributed by atoms with Crippen LogP contribution in [0.25, 0.3) is 0 Å². The first kappa shape index (κ1) is 30.6. The van der Waals surface area contributed by atoms with Crippen LogP contribution in [-0.4, -0.2) is 77.6 Å². The van der Waals surface area contributed by atoms with Crippen molar-refractivity contribution in [2.75, 3.05) is 13.1 Å². The third-order valence-corrected chi connectivity index (χ3v) is 8.70. The van der Waals surface area contributed by atoms with Gasteiger partial charge in [-0.25, -0.2) is 0 Å². The van der Waals surface area contributed by atoms with E-state index in [0.717, 1.165) is 21.1 Å². The molecular weight excluding hydrogens is 516 g/mol. The fourth-order valence-electron chi connectivity index (χ4n) is 4.76. The summed E-state index contributed by atoms with van der Waals surface area (Å²) in [6, 6.07) is 18.2. The highest BCUT2D eigenvalue weighted by atomic mass is 32.1. The van der Waals surface area contributed by atoms with Crippen LogP contribution in [0, 0.1) is 10.8 Å². The van der Waals surface area contributed by atoms with E-state index in [0.29, 0.717) is 13.1 Å². The largest absolute Gasteiger partial charge is 0.389 e. The molecule has 208 valence electrons. The molecule has 0 radical (unpaired) electrons. The van der Waals surface area contributed by atoms with Crippen LogP contribution in [0.5, 0.6) is 0 Å². The van der Waals surface area contributed by atoms with E-state index < -0.39 is 24.4 Å². The van der Waals surface area contributed by atoms with Gasteiger partial charge in [0.1, 0.15) is 12.2 Å². The summed E-state index contributed by atoms with van der Waals surface area (Å²) in [5, 5.41) is 40.8. The van der Waals surface area contributed by atoms with Crippen LogP contribution in [0.2, 0.25) is 0 Å². The van der Waals surface area contributed by atoms with Gasteiger partial charge >= 0.3 is 0 Å². The standard InChI is InChI=1S/2C15H21NO2S/c2*1-15(2,3)14(19)16-9-11(17)12(16)13(18)10-7-5-4-6-8-10/h2*4-8,11-13,17-18H,9H2,1-3H3/t2*11-,12-,13+/m10/s1. The first-order valence-corrected chi connectivity index (χ1v) is 13.9. The number of β-amino-alcohol motifs (C(OH)–C–C–N with tert-alkyl or cyclic N) is 2. The molecule has 2 aliphatic heterocycles. The van der Waals surface area contributed by atoms with E-state index in [1.54, 1.807) is 0 Å². The minimum atomic E-state index is -0.717. The molecular formula is C30H42N2O4S2. The van der Waals surface area contributed by atoms with Crippen LogP contribution in [0.15, 0.2) is 60.7 Å². The normalized spacial score (nSPS) is 24.8. The maximum absolute atomic E-state index is 10.4. The molecule has 4 rings (SSSR count). The van der Waals surface area contributed by atoms with E-state index in [1.165, 1.54) is 0 Å². The molecule has 2 aliphatic rings. The molecule has 0 unspecified atom stereocenters. The van der Waals surface area contributed by atoms with Crippen LogP contribution in [0.4, 0.5) is 0 Å². The molecule has 0 aromatic heterocycles. The van der Waals surface area contributed by atoms with Crippen LogP contribution in [0.3, 0.4) is 0 Å². The molecule has 2 fully saturated rings. The summed E-state index contributed by atoms with van der Waals surface area (Å²) in [6.45, 7) is 13.3. The summed E-state index contributed by atoms with van der Waals surface area (Å²) in [6.07, 6.45) is -2.50. The summed E-state index contributed by atoms with van der Waals surface area (Å²) < 4.78 is 0. The Bertz CT molecular complexity index is 997. The predicted molar refractivity (Wildman–Crippen MR) is 160 cm³/mol. The number of aliphatic hydroxyl groups excluding tert-OH is 4. The van der Waals surface area contributed by atoms with E-state index in [9.17, 15) is 20.4 Å². The molecule has 0 bridgehead atoms. The van der Waals surface area contributed by atoms with E-state index in [2.05, 4.69) is 0 Å². The fraction of sp³-hybridized carbons (Fsp3) is 0.533. The highest BCUT2D eigenvalue weighted by Gasteiger charge is 2.47. The second-order valence-corrected chi connectivity index (χ2v) is 13.0. The van der Waals surface area contributed by atoms with Gasteiger partial charge in [-0.05, 0) is 11.1 Å². The average molecular weight is 559 g/mol. The zero-order valence-corrected chi connectivity index (χ0v) is 24.8. The van der Waals surface area contributed by atoms with Crippen molar-refractivity contribution in [3.05, 3.63) is 71.8 Å². The fourth-order valence-corrected chi connectivity index (χ4v) is 5.15. The smallest absolute Gasteiger partial charge is 0.102 e. The van der Waals surface area contributed by atoms with Gasteiger partial charge in [-0.15, -0.1) is 0 Å². The molecule has 6 nitrogen and oxygen atoms in total. The van der Waals surface area contributed by atoms with Gasteiger partial charge in [0.2, 0.25) is 0 Å². The lowest BCUT2D eigenvalue weighted by Crippen LogP contribution is -2.65. The Hall–Kier alpha value is -1.94.